The van der Waals surface area contributed by atoms with Crippen LogP contribution in [-0.4, -0.2) is 42.2 Å². The largest absolute Gasteiger partial charge is 0.508 e. The fourth-order valence-electron chi connectivity index (χ4n) is 4.14. The van der Waals surface area contributed by atoms with Crippen LogP contribution in [0.1, 0.15) is 5.56 Å². The molecule has 1 aliphatic rings. The lowest BCUT2D eigenvalue weighted by Gasteiger charge is -2.17. The Hall–Kier alpha value is -4.72. The molecule has 0 saturated heterocycles. The molecule has 0 atom stereocenters. The highest BCUT2D eigenvalue weighted by Crippen LogP contribution is 2.37. The molecule has 0 spiro atoms. The summed E-state index contributed by atoms with van der Waals surface area (Å²) < 4.78 is 0. The number of benzene rings is 4. The maximum Gasteiger partial charge on any atom is 0.234 e. The van der Waals surface area contributed by atoms with Gasteiger partial charge in [-0.2, -0.15) is 0 Å². The van der Waals surface area contributed by atoms with Crippen molar-refractivity contribution < 1.29 is 40.2 Å². The molecule has 4 aromatic carbocycles. The van der Waals surface area contributed by atoms with Crippen LogP contribution >= 0.6 is 0 Å². The lowest BCUT2D eigenvalue weighted by molar-refractivity contribution is -0.129. The van der Waals surface area contributed by atoms with Crippen molar-refractivity contribution >= 4 is 44.8 Å². The zero-order chi connectivity index (χ0) is 22.9. The highest BCUT2D eigenvalue weighted by atomic mass is 16.3. The lowest BCUT2D eigenvalue weighted by atomic mass is 9.86. The van der Waals surface area contributed by atoms with Gasteiger partial charge in [0.2, 0.25) is 11.6 Å². The second kappa shape index (κ2) is 6.39. The smallest absolute Gasteiger partial charge is 0.234 e. The van der Waals surface area contributed by atoms with Gasteiger partial charge in [0.15, 0.2) is 23.0 Å². The van der Waals surface area contributed by atoms with Gasteiger partial charge in [-0.15, -0.1) is 0 Å². The number of hydrogen-bond donors (Lipinski definition) is 6. The van der Waals surface area contributed by atoms with Crippen LogP contribution in [0.5, 0.6) is 34.5 Å². The van der Waals surface area contributed by atoms with Gasteiger partial charge in [-0.25, -0.2) is 0 Å². The van der Waals surface area contributed by atoms with Gasteiger partial charge in [-0.3, -0.25) is 9.59 Å². The second-order valence-corrected chi connectivity index (χ2v) is 7.48. The fourth-order valence-corrected chi connectivity index (χ4v) is 4.14. The van der Waals surface area contributed by atoms with E-state index in [0.717, 1.165) is 12.1 Å². The highest BCUT2D eigenvalue weighted by Gasteiger charge is 2.28. The van der Waals surface area contributed by atoms with Crippen molar-refractivity contribution in [1.82, 2.24) is 0 Å². The standard InChI is InChI=1S/C24H14O8/c25-9-1-2-16(26)15(3-9)23-22-13-7-20(30)19(29)5-11(13)10-4-17(27)18(28)6-12(10)14(22)8-21(31)24(23)32/h1-8,25-30H. The van der Waals surface area contributed by atoms with E-state index in [9.17, 15) is 40.2 Å². The Morgan fingerprint density at radius 2 is 1.09 bits per heavy atom. The minimum atomic E-state index is -0.949. The van der Waals surface area contributed by atoms with E-state index < -0.39 is 34.6 Å². The van der Waals surface area contributed by atoms with Crippen molar-refractivity contribution in [3.63, 3.8) is 0 Å². The van der Waals surface area contributed by atoms with E-state index in [1.54, 1.807) is 0 Å². The number of phenols is 6. The first-order valence-electron chi connectivity index (χ1n) is 9.37. The third-order valence-corrected chi connectivity index (χ3v) is 5.57. The van der Waals surface area contributed by atoms with Gasteiger partial charge in [-0.05, 0) is 75.3 Å². The van der Waals surface area contributed by atoms with E-state index >= 15 is 0 Å². The quantitative estimate of drug-likeness (QED) is 0.114. The number of carbonyl (C=O) groups is 2. The van der Waals surface area contributed by atoms with Crippen LogP contribution in [0, 0.1) is 0 Å². The molecular formula is C24H14O8. The van der Waals surface area contributed by atoms with Crippen LogP contribution in [0.3, 0.4) is 0 Å². The molecule has 6 N–H and O–H groups in total. The molecule has 0 fully saturated rings. The zero-order valence-corrected chi connectivity index (χ0v) is 16.1. The number of Topliss-reactive ketones (excluding diaryl/α,β-unsaturated/α-hetero) is 2. The average molecular weight is 430 g/mol. The van der Waals surface area contributed by atoms with Crippen molar-refractivity contribution in [2.75, 3.05) is 0 Å². The molecule has 0 aromatic heterocycles. The summed E-state index contributed by atoms with van der Waals surface area (Å²) in [5.74, 6) is -4.34. The summed E-state index contributed by atoms with van der Waals surface area (Å²) in [4.78, 5) is 25.6. The molecule has 8 heteroatoms. The molecule has 0 saturated carbocycles. The summed E-state index contributed by atoms with van der Waals surface area (Å²) in [6, 6.07) is 8.40. The molecule has 0 aliphatic heterocycles. The molecule has 4 aromatic rings. The van der Waals surface area contributed by atoms with Gasteiger partial charge < -0.3 is 30.6 Å². The van der Waals surface area contributed by atoms with Gasteiger partial charge >= 0.3 is 0 Å². The van der Waals surface area contributed by atoms with Crippen LogP contribution < -0.4 is 10.4 Å². The average Bonchev–Trinajstić information content (AvgIpc) is 2.74. The van der Waals surface area contributed by atoms with Gasteiger partial charge in [0.1, 0.15) is 11.5 Å². The molecule has 0 radical (unpaired) electrons. The summed E-state index contributed by atoms with van der Waals surface area (Å²) in [5.41, 5.74) is -0.320. The second-order valence-electron chi connectivity index (χ2n) is 7.48. The van der Waals surface area contributed by atoms with E-state index in [2.05, 4.69) is 0 Å². The van der Waals surface area contributed by atoms with Gasteiger partial charge in [0.05, 0.1) is 0 Å². The number of phenolic OH excluding ortho intramolecular Hbond substituents is 6. The summed E-state index contributed by atoms with van der Waals surface area (Å²) in [5, 5.41) is 62.2. The van der Waals surface area contributed by atoms with Gasteiger partial charge in [0, 0.05) is 16.4 Å². The topological polar surface area (TPSA) is 156 Å². The van der Waals surface area contributed by atoms with Crippen LogP contribution in [0.15, 0.2) is 42.5 Å². The number of carbonyl (C=O) groups excluding carboxylic acids is 2. The number of ketones is 2. The maximum absolute atomic E-state index is 13.0. The van der Waals surface area contributed by atoms with Crippen LogP contribution in [0.4, 0.5) is 0 Å². The fraction of sp³-hybridized carbons (Fsp3) is 0. The first kappa shape index (κ1) is 19.3. The maximum atomic E-state index is 13.0. The van der Waals surface area contributed by atoms with Gasteiger partial charge in [0.25, 0.3) is 0 Å². The Labute approximate surface area is 178 Å². The molecule has 0 unspecified atom stereocenters. The third kappa shape index (κ3) is 2.56. The van der Waals surface area contributed by atoms with E-state index in [0.29, 0.717) is 10.8 Å². The molecule has 32 heavy (non-hydrogen) atoms. The minimum Gasteiger partial charge on any atom is -0.508 e. The number of fused-ring (bicyclic) bond motifs is 6. The van der Waals surface area contributed by atoms with Crippen molar-refractivity contribution in [2.45, 2.75) is 0 Å². The first-order valence-corrected chi connectivity index (χ1v) is 9.37. The molecular weight excluding hydrogens is 416 g/mol. The van der Waals surface area contributed by atoms with Crippen molar-refractivity contribution in [3.05, 3.63) is 58.5 Å². The molecule has 0 amide bonds. The first-order chi connectivity index (χ1) is 15.2. The summed E-state index contributed by atoms with van der Waals surface area (Å²) in [6.45, 7) is 0. The van der Waals surface area contributed by atoms with E-state index in [-0.39, 0.29) is 43.8 Å². The van der Waals surface area contributed by atoms with Crippen LogP contribution in [0.2, 0.25) is 0 Å². The molecule has 5 rings (SSSR count). The summed E-state index contributed by atoms with van der Waals surface area (Å²) in [7, 11) is 0. The summed E-state index contributed by atoms with van der Waals surface area (Å²) >= 11 is 0. The Balaban J connectivity index is 2.20. The molecule has 0 heterocycles. The predicted molar refractivity (Wildman–Crippen MR) is 114 cm³/mol. The summed E-state index contributed by atoms with van der Waals surface area (Å²) in [6.07, 6.45) is 1.07. The lowest BCUT2D eigenvalue weighted by Crippen LogP contribution is -2.39. The SMILES string of the molecule is O=C1C=c2c(c3cc(O)c(O)cc3c3cc(O)c(O)cc23)=C(c2cc(O)ccc2O)C1=O. The number of aromatic hydroxyl groups is 6. The minimum absolute atomic E-state index is 0.103. The molecule has 8 nitrogen and oxygen atoms in total. The number of rotatable bonds is 1. The highest BCUT2D eigenvalue weighted by molar-refractivity contribution is 6.62. The van der Waals surface area contributed by atoms with Crippen molar-refractivity contribution in [3.8, 4) is 34.5 Å². The predicted octanol–water partition coefficient (Wildman–Crippen LogP) is 1.36. The van der Waals surface area contributed by atoms with Crippen molar-refractivity contribution in [2.24, 2.45) is 0 Å². The van der Waals surface area contributed by atoms with E-state index in [4.69, 9.17) is 0 Å². The van der Waals surface area contributed by atoms with Gasteiger partial charge in [-0.1, -0.05) is 0 Å². The Bertz CT molecular complexity index is 1660. The normalized spacial score (nSPS) is 13.4. The van der Waals surface area contributed by atoms with E-state index in [1.807, 2.05) is 0 Å². The monoisotopic (exact) mass is 430 g/mol. The zero-order valence-electron chi connectivity index (χ0n) is 16.1. The molecule has 0 bridgehead atoms. The molecule has 158 valence electrons. The molecule has 1 aliphatic carbocycles. The third-order valence-electron chi connectivity index (χ3n) is 5.57. The van der Waals surface area contributed by atoms with Crippen molar-refractivity contribution in [1.29, 1.82) is 0 Å². The Kier molecular flexibility index (Phi) is 3.84. The van der Waals surface area contributed by atoms with Crippen LogP contribution in [0.25, 0.3) is 33.2 Å². The van der Waals surface area contributed by atoms with E-state index in [1.165, 1.54) is 36.4 Å². The Morgan fingerprint density at radius 1 is 0.562 bits per heavy atom. The number of hydrogen-bond acceptors (Lipinski definition) is 8. The van der Waals surface area contributed by atoms with Crippen LogP contribution in [-0.2, 0) is 9.59 Å². The Morgan fingerprint density at radius 3 is 1.72 bits per heavy atom.